The van der Waals surface area contributed by atoms with E-state index in [1.807, 2.05) is 72.9 Å². The van der Waals surface area contributed by atoms with Crippen molar-refractivity contribution in [2.24, 2.45) is 0 Å². The fourth-order valence-corrected chi connectivity index (χ4v) is 11.3. The molecule has 0 saturated heterocycles. The molecule has 0 unspecified atom stereocenters. The van der Waals surface area contributed by atoms with Crippen LogP contribution in [0.25, 0.3) is 62.3 Å². The first-order chi connectivity index (χ1) is 35.3. The average Bonchev–Trinajstić information content (AvgIpc) is 4.24. The van der Waals surface area contributed by atoms with Crippen LogP contribution in [0.15, 0.2) is 146 Å². The van der Waals surface area contributed by atoms with Crippen molar-refractivity contribution in [1.82, 2.24) is 15.0 Å². The van der Waals surface area contributed by atoms with E-state index >= 15 is 0 Å². The van der Waals surface area contributed by atoms with Gasteiger partial charge in [-0.05, 0) is 166 Å². The van der Waals surface area contributed by atoms with Crippen LogP contribution in [-0.4, -0.2) is 57.6 Å². The Morgan fingerprint density at radius 1 is 0.370 bits per heavy atom. The minimum absolute atomic E-state index is 0.685. The second kappa shape index (κ2) is 25.5. The van der Waals surface area contributed by atoms with E-state index in [0.29, 0.717) is 5.88 Å². The Morgan fingerprint density at radius 3 is 1.58 bits per heavy atom. The molecule has 0 aliphatic carbocycles. The number of aromatic nitrogens is 3. The van der Waals surface area contributed by atoms with Gasteiger partial charge in [-0.2, -0.15) is 0 Å². The van der Waals surface area contributed by atoms with E-state index in [2.05, 4.69) is 134 Å². The van der Waals surface area contributed by atoms with E-state index in [-0.39, 0.29) is 0 Å². The molecule has 0 fully saturated rings. The summed E-state index contributed by atoms with van der Waals surface area (Å²) in [6.45, 7) is 12.6. The number of nitrogens with one attached hydrogen (secondary N) is 1. The number of thiophene rings is 4. The van der Waals surface area contributed by atoms with Crippen molar-refractivity contribution in [1.29, 1.82) is 0 Å². The van der Waals surface area contributed by atoms with Gasteiger partial charge in [0.2, 0.25) is 5.88 Å². The highest BCUT2D eigenvalue weighted by Gasteiger charge is 2.04. The molecule has 376 valence electrons. The summed E-state index contributed by atoms with van der Waals surface area (Å²) in [5.41, 5.74) is 4.68. The molecule has 7 heterocycles. The van der Waals surface area contributed by atoms with E-state index in [1.54, 1.807) is 82.9 Å². The highest BCUT2D eigenvalue weighted by atomic mass is 32.1. The van der Waals surface area contributed by atoms with E-state index < -0.39 is 0 Å². The van der Waals surface area contributed by atoms with Crippen molar-refractivity contribution in [3.8, 4) is 34.6 Å². The monoisotopic (exact) mass is 1050 g/mol. The summed E-state index contributed by atoms with van der Waals surface area (Å²) in [7, 11) is 10.1. The van der Waals surface area contributed by atoms with Crippen LogP contribution in [0.1, 0.15) is 30.8 Å². The van der Waals surface area contributed by atoms with Crippen LogP contribution in [0.2, 0.25) is 0 Å². The standard InChI is InChI=1S/C12H12O.C10H11NO.2C10H10OS.2C9H9NOS/c1-9-3-4-11-8-12(13-2)6-5-10(11)7-9;1-7-5-8-6-9(12-2)3-4-10(8)11-7;1-7-5-8-6-9(11-2)3-4-10(8)12-7;1-7-5-8-3-4-9(11-2)6-10(8)12-7;1-6-3-8-9(12-6)4-7(11-2)5-10-8;1-6-5-7-3-4-8(11-2)10-9(7)12-6/h3-8H,1-2H3;3-6,11H,1-2H3;2*3-6H,1-2H3;2*3-5H,1-2H3. The average molecular weight is 1050 g/mol. The summed E-state index contributed by atoms with van der Waals surface area (Å²) in [6, 6.07) is 47.5. The molecular formula is C60H61N3O6S4. The quantitative estimate of drug-likeness (QED) is 0.176. The van der Waals surface area contributed by atoms with Crippen LogP contribution in [0, 0.1) is 41.5 Å². The van der Waals surface area contributed by atoms with Gasteiger partial charge >= 0.3 is 0 Å². The van der Waals surface area contributed by atoms with Crippen molar-refractivity contribution in [3.05, 3.63) is 176 Å². The topological polar surface area (TPSA) is 97.0 Å². The molecule has 0 saturated carbocycles. The Morgan fingerprint density at radius 2 is 0.877 bits per heavy atom. The predicted octanol–water partition coefficient (Wildman–Crippen LogP) is 17.3. The number of pyridine rings is 2. The number of hydrogen-bond donors (Lipinski definition) is 1. The zero-order valence-electron chi connectivity index (χ0n) is 43.3. The summed E-state index contributed by atoms with van der Waals surface area (Å²) in [6.07, 6.45) is 1.74. The number of aromatic amines is 1. The molecule has 0 amide bonds. The van der Waals surface area contributed by atoms with Crippen LogP contribution in [-0.2, 0) is 0 Å². The number of methoxy groups -OCH3 is 6. The van der Waals surface area contributed by atoms with Gasteiger partial charge in [0.1, 0.15) is 33.6 Å². The molecule has 73 heavy (non-hydrogen) atoms. The van der Waals surface area contributed by atoms with Crippen molar-refractivity contribution in [3.63, 3.8) is 0 Å². The van der Waals surface area contributed by atoms with Crippen molar-refractivity contribution < 1.29 is 28.4 Å². The zero-order valence-corrected chi connectivity index (χ0v) is 46.6. The lowest BCUT2D eigenvalue weighted by Gasteiger charge is -2.02. The molecular weight excluding hydrogens is 987 g/mol. The van der Waals surface area contributed by atoms with Crippen LogP contribution in [0.3, 0.4) is 0 Å². The number of H-pyrrole nitrogens is 1. The van der Waals surface area contributed by atoms with Gasteiger partial charge in [0.25, 0.3) is 0 Å². The summed E-state index contributed by atoms with van der Waals surface area (Å²) >= 11 is 7.05. The van der Waals surface area contributed by atoms with Gasteiger partial charge in [-0.3, -0.25) is 4.98 Å². The van der Waals surface area contributed by atoms with Crippen LogP contribution >= 0.6 is 45.3 Å². The molecule has 0 aliphatic rings. The van der Waals surface area contributed by atoms with Crippen molar-refractivity contribution >= 4 is 108 Å². The Balaban J connectivity index is 0.000000128. The molecule has 7 aromatic heterocycles. The van der Waals surface area contributed by atoms with Gasteiger partial charge in [0.05, 0.1) is 59.1 Å². The Hall–Kier alpha value is -7.16. The molecule has 0 atom stereocenters. The first-order valence-corrected chi connectivity index (χ1v) is 26.6. The largest absolute Gasteiger partial charge is 0.497 e. The Labute approximate surface area is 443 Å². The first kappa shape index (κ1) is 53.6. The highest BCUT2D eigenvalue weighted by molar-refractivity contribution is 7.19. The fraction of sp³-hybridized carbons (Fsp3) is 0.200. The summed E-state index contributed by atoms with van der Waals surface area (Å²) < 4.78 is 34.5. The number of ether oxygens (including phenoxy) is 6. The number of fused-ring (bicyclic) bond motifs is 6. The molecule has 0 bridgehead atoms. The van der Waals surface area contributed by atoms with Gasteiger partial charge in [0, 0.05) is 63.0 Å². The molecule has 12 rings (SSSR count). The summed E-state index contributed by atoms with van der Waals surface area (Å²) in [5.74, 6) is 5.19. The molecule has 0 aliphatic heterocycles. The molecule has 13 heteroatoms. The van der Waals surface area contributed by atoms with Gasteiger partial charge in [0.15, 0.2) is 0 Å². The minimum atomic E-state index is 0.685. The summed E-state index contributed by atoms with van der Waals surface area (Å²) in [5, 5.41) is 7.46. The molecule has 1 N–H and O–H groups in total. The second-order valence-electron chi connectivity index (χ2n) is 16.9. The third kappa shape index (κ3) is 14.7. The molecule has 0 radical (unpaired) electrons. The Kier molecular flexibility index (Phi) is 18.7. The molecule has 5 aromatic carbocycles. The smallest absolute Gasteiger partial charge is 0.214 e. The van der Waals surface area contributed by atoms with E-state index in [0.717, 1.165) is 44.6 Å². The number of nitrogens with zero attached hydrogens (tertiary/aromatic N) is 2. The third-order valence-electron chi connectivity index (χ3n) is 11.3. The van der Waals surface area contributed by atoms with Crippen LogP contribution < -0.4 is 28.4 Å². The lowest BCUT2D eigenvalue weighted by Crippen LogP contribution is -1.84. The number of hydrogen-bond acceptors (Lipinski definition) is 12. The number of benzene rings is 5. The lowest BCUT2D eigenvalue weighted by molar-refractivity contribution is 0.400. The first-order valence-electron chi connectivity index (χ1n) is 23.3. The third-order valence-corrected chi connectivity index (χ3v) is 15.2. The fourth-order valence-electron chi connectivity index (χ4n) is 7.68. The molecule has 0 spiro atoms. The van der Waals surface area contributed by atoms with Gasteiger partial charge in [-0.15, -0.1) is 45.3 Å². The lowest BCUT2D eigenvalue weighted by atomic mass is 10.1. The maximum absolute atomic E-state index is 5.15. The SMILES string of the molecule is COc1ccc2[nH]c(C)cc2c1.COc1ccc2cc(C)ccc2c1.COc1ccc2cc(C)sc2c1.COc1ccc2cc(C)sc2n1.COc1ccc2sc(C)cc2c1.COc1cnc2cc(C)sc2c1. The number of aryl methyl sites for hydroxylation is 6. The highest BCUT2D eigenvalue weighted by Crippen LogP contribution is 2.31. The van der Waals surface area contributed by atoms with E-state index in [4.69, 9.17) is 28.4 Å². The van der Waals surface area contributed by atoms with E-state index in [1.165, 1.54) is 77.2 Å². The second-order valence-corrected chi connectivity index (χ2v) is 22.0. The van der Waals surface area contributed by atoms with Gasteiger partial charge < -0.3 is 33.4 Å². The minimum Gasteiger partial charge on any atom is -0.497 e. The van der Waals surface area contributed by atoms with E-state index in [9.17, 15) is 0 Å². The van der Waals surface area contributed by atoms with Crippen molar-refractivity contribution in [2.75, 3.05) is 42.7 Å². The normalized spacial score (nSPS) is 10.5. The number of rotatable bonds is 6. The maximum atomic E-state index is 5.15. The predicted molar refractivity (Wildman–Crippen MR) is 313 cm³/mol. The Bertz CT molecular complexity index is 3250. The van der Waals surface area contributed by atoms with Gasteiger partial charge in [-0.25, -0.2) is 4.98 Å². The summed E-state index contributed by atoms with van der Waals surface area (Å²) in [4.78, 5) is 18.1. The maximum Gasteiger partial charge on any atom is 0.214 e. The van der Waals surface area contributed by atoms with Crippen molar-refractivity contribution in [2.45, 2.75) is 41.5 Å². The molecule has 12 aromatic rings. The van der Waals surface area contributed by atoms with Gasteiger partial charge in [-0.1, -0.05) is 29.8 Å². The molecule has 9 nitrogen and oxygen atoms in total. The van der Waals surface area contributed by atoms with Crippen LogP contribution in [0.4, 0.5) is 0 Å². The zero-order chi connectivity index (χ0) is 52.0. The van der Waals surface area contributed by atoms with Crippen LogP contribution in [0.5, 0.6) is 34.6 Å².